The Morgan fingerprint density at radius 1 is 1.26 bits per heavy atom. The van der Waals surface area contributed by atoms with E-state index in [9.17, 15) is 4.79 Å². The summed E-state index contributed by atoms with van der Waals surface area (Å²) in [4.78, 5) is 14.5. The molecule has 1 aliphatic heterocycles. The van der Waals surface area contributed by atoms with Crippen LogP contribution in [0.25, 0.3) is 0 Å². The SMILES string of the molecule is Cc1c(C(=O)NCCN(C)c2ccccc2)nnn1C1CCNCC1.Cl.Cl. The molecule has 1 aromatic carbocycles. The van der Waals surface area contributed by atoms with Crippen LogP contribution in [-0.2, 0) is 0 Å². The van der Waals surface area contributed by atoms with E-state index in [1.807, 2.05) is 36.9 Å². The zero-order chi connectivity index (χ0) is 17.6. The number of anilines is 1. The van der Waals surface area contributed by atoms with Gasteiger partial charge in [0.25, 0.3) is 5.91 Å². The average Bonchev–Trinajstić information content (AvgIpc) is 3.04. The monoisotopic (exact) mass is 414 g/mol. The minimum Gasteiger partial charge on any atom is -0.373 e. The van der Waals surface area contributed by atoms with E-state index in [2.05, 4.69) is 38.0 Å². The molecule has 27 heavy (non-hydrogen) atoms. The normalized spacial score (nSPS) is 14.0. The molecule has 1 saturated heterocycles. The van der Waals surface area contributed by atoms with E-state index < -0.39 is 0 Å². The third-order valence-electron chi connectivity index (χ3n) is 4.73. The molecule has 1 fully saturated rings. The highest BCUT2D eigenvalue weighted by molar-refractivity contribution is 5.93. The third kappa shape index (κ3) is 5.82. The molecule has 9 heteroatoms. The summed E-state index contributed by atoms with van der Waals surface area (Å²) < 4.78 is 1.91. The molecule has 0 radical (unpaired) electrons. The Kier molecular flexibility index (Phi) is 9.55. The smallest absolute Gasteiger partial charge is 0.273 e. The minimum atomic E-state index is -0.154. The lowest BCUT2D eigenvalue weighted by Gasteiger charge is -2.23. The number of likely N-dealkylation sites (N-methyl/N-ethyl adjacent to an activating group) is 1. The van der Waals surface area contributed by atoms with Crippen molar-refractivity contribution < 1.29 is 4.79 Å². The zero-order valence-corrected chi connectivity index (χ0v) is 17.4. The van der Waals surface area contributed by atoms with E-state index in [1.165, 1.54) is 0 Å². The first kappa shape index (κ1) is 23.2. The first-order chi connectivity index (χ1) is 12.2. The molecule has 0 aliphatic carbocycles. The van der Waals surface area contributed by atoms with Crippen molar-refractivity contribution in [3.05, 3.63) is 41.7 Å². The molecule has 1 amide bonds. The number of amides is 1. The van der Waals surface area contributed by atoms with Gasteiger partial charge in [-0.25, -0.2) is 4.68 Å². The molecule has 2 heterocycles. The maximum absolute atomic E-state index is 12.4. The van der Waals surface area contributed by atoms with Crippen molar-refractivity contribution in [3.8, 4) is 0 Å². The molecule has 0 saturated carbocycles. The Balaban J connectivity index is 0.00000182. The number of hydrogen-bond donors (Lipinski definition) is 2. The van der Waals surface area contributed by atoms with Crippen LogP contribution in [0.5, 0.6) is 0 Å². The standard InChI is InChI=1S/C18H26N6O.2ClH/c1-14-17(21-22-24(14)16-8-10-19-11-9-16)18(25)20-12-13-23(2)15-6-4-3-5-7-15;;/h3-7,16,19H,8-13H2,1-2H3,(H,20,25);2*1H. The number of benzene rings is 1. The van der Waals surface area contributed by atoms with E-state index >= 15 is 0 Å². The van der Waals surface area contributed by atoms with Crippen LogP contribution in [0.2, 0.25) is 0 Å². The minimum absolute atomic E-state index is 0. The van der Waals surface area contributed by atoms with Gasteiger partial charge in [0.1, 0.15) is 0 Å². The van der Waals surface area contributed by atoms with Gasteiger partial charge in [-0.05, 0) is 45.0 Å². The van der Waals surface area contributed by atoms with Crippen LogP contribution in [0.1, 0.15) is 35.1 Å². The number of nitrogens with one attached hydrogen (secondary N) is 2. The summed E-state index contributed by atoms with van der Waals surface area (Å²) in [5, 5.41) is 14.6. The van der Waals surface area contributed by atoms with Crippen molar-refractivity contribution in [1.82, 2.24) is 25.6 Å². The molecule has 0 unspecified atom stereocenters. The summed E-state index contributed by atoms with van der Waals surface area (Å²) in [6, 6.07) is 10.4. The first-order valence-corrected chi connectivity index (χ1v) is 8.83. The summed E-state index contributed by atoms with van der Waals surface area (Å²) in [6.07, 6.45) is 2.04. The summed E-state index contributed by atoms with van der Waals surface area (Å²) in [6.45, 7) is 5.18. The van der Waals surface area contributed by atoms with Crippen molar-refractivity contribution in [1.29, 1.82) is 0 Å². The highest BCUT2D eigenvalue weighted by Crippen LogP contribution is 2.20. The number of hydrogen-bond acceptors (Lipinski definition) is 5. The number of nitrogens with zero attached hydrogens (tertiary/aromatic N) is 4. The lowest BCUT2D eigenvalue weighted by Crippen LogP contribution is -2.33. The first-order valence-electron chi connectivity index (χ1n) is 8.83. The summed E-state index contributed by atoms with van der Waals surface area (Å²) in [7, 11) is 2.01. The molecule has 3 rings (SSSR count). The van der Waals surface area contributed by atoms with E-state index in [0.29, 0.717) is 18.3 Å². The summed E-state index contributed by atoms with van der Waals surface area (Å²) in [5.74, 6) is -0.154. The van der Waals surface area contributed by atoms with E-state index in [0.717, 1.165) is 43.9 Å². The fraction of sp³-hybridized carbons (Fsp3) is 0.500. The van der Waals surface area contributed by atoms with Gasteiger partial charge in [-0.3, -0.25) is 4.79 Å². The average molecular weight is 415 g/mol. The van der Waals surface area contributed by atoms with Crippen molar-refractivity contribution >= 4 is 36.4 Å². The van der Waals surface area contributed by atoms with E-state index in [-0.39, 0.29) is 30.7 Å². The fourth-order valence-electron chi connectivity index (χ4n) is 3.18. The second-order valence-electron chi connectivity index (χ2n) is 6.46. The molecule has 1 aromatic heterocycles. The maximum Gasteiger partial charge on any atom is 0.273 e. The number of halogens is 2. The van der Waals surface area contributed by atoms with Gasteiger partial charge >= 0.3 is 0 Å². The van der Waals surface area contributed by atoms with Crippen molar-refractivity contribution in [3.63, 3.8) is 0 Å². The van der Waals surface area contributed by atoms with E-state index in [4.69, 9.17) is 0 Å². The van der Waals surface area contributed by atoms with Crippen LogP contribution in [0.4, 0.5) is 5.69 Å². The maximum atomic E-state index is 12.4. The predicted octanol–water partition coefficient (Wildman–Crippen LogP) is 2.22. The van der Waals surface area contributed by atoms with E-state index in [1.54, 1.807) is 0 Å². The quantitative estimate of drug-likeness (QED) is 0.757. The largest absolute Gasteiger partial charge is 0.373 e. The summed E-state index contributed by atoms with van der Waals surface area (Å²) in [5.41, 5.74) is 2.41. The van der Waals surface area contributed by atoms with Gasteiger partial charge in [-0.2, -0.15) is 0 Å². The highest BCUT2D eigenvalue weighted by atomic mass is 35.5. The molecule has 7 nitrogen and oxygen atoms in total. The topological polar surface area (TPSA) is 75.1 Å². The Morgan fingerprint density at radius 2 is 1.93 bits per heavy atom. The Bertz CT molecular complexity index is 703. The van der Waals surface area contributed by atoms with Gasteiger partial charge < -0.3 is 15.5 Å². The molecule has 150 valence electrons. The van der Waals surface area contributed by atoms with Gasteiger partial charge in [0.2, 0.25) is 0 Å². The molecular formula is C18H28Cl2N6O. The Hall–Kier alpha value is -1.83. The number of aromatic nitrogens is 3. The molecule has 0 bridgehead atoms. The van der Waals surface area contributed by atoms with Gasteiger partial charge in [-0.15, -0.1) is 29.9 Å². The van der Waals surface area contributed by atoms with Crippen LogP contribution < -0.4 is 15.5 Å². The van der Waals surface area contributed by atoms with Crippen LogP contribution in [0.15, 0.2) is 30.3 Å². The van der Waals surface area contributed by atoms with Gasteiger partial charge in [0.15, 0.2) is 5.69 Å². The second-order valence-corrected chi connectivity index (χ2v) is 6.46. The van der Waals surface area contributed by atoms with Gasteiger partial charge in [0, 0.05) is 25.8 Å². The molecular weight excluding hydrogens is 387 g/mol. The number of piperidine rings is 1. The van der Waals surface area contributed by atoms with Crippen LogP contribution in [0, 0.1) is 6.92 Å². The number of carbonyl (C=O) groups is 1. The fourth-order valence-corrected chi connectivity index (χ4v) is 3.18. The van der Waals surface area contributed by atoms with Crippen molar-refractivity contribution in [2.75, 3.05) is 38.1 Å². The van der Waals surface area contributed by atoms with Crippen molar-refractivity contribution in [2.24, 2.45) is 0 Å². The molecule has 1 aliphatic rings. The van der Waals surface area contributed by atoms with Crippen LogP contribution in [-0.4, -0.2) is 54.1 Å². The molecule has 2 N–H and O–H groups in total. The molecule has 0 spiro atoms. The Labute approximate surface area is 172 Å². The van der Waals surface area contributed by atoms with Crippen LogP contribution in [0.3, 0.4) is 0 Å². The predicted molar refractivity (Wildman–Crippen MR) is 112 cm³/mol. The lowest BCUT2D eigenvalue weighted by atomic mass is 10.1. The van der Waals surface area contributed by atoms with Crippen molar-refractivity contribution in [2.45, 2.75) is 25.8 Å². The lowest BCUT2D eigenvalue weighted by molar-refractivity contribution is 0.0949. The molecule has 2 aromatic rings. The van der Waals surface area contributed by atoms with Gasteiger partial charge in [-0.1, -0.05) is 23.4 Å². The Morgan fingerprint density at radius 3 is 2.59 bits per heavy atom. The van der Waals surface area contributed by atoms with Gasteiger partial charge in [0.05, 0.1) is 11.7 Å². The second kappa shape index (κ2) is 11.1. The van der Waals surface area contributed by atoms with Crippen LogP contribution >= 0.6 is 24.8 Å². The third-order valence-corrected chi connectivity index (χ3v) is 4.73. The molecule has 0 atom stereocenters. The number of carbonyl (C=O) groups excluding carboxylic acids is 1. The number of para-hydroxylation sites is 1. The zero-order valence-electron chi connectivity index (χ0n) is 15.7. The number of rotatable bonds is 6. The summed E-state index contributed by atoms with van der Waals surface area (Å²) >= 11 is 0. The highest BCUT2D eigenvalue weighted by Gasteiger charge is 2.22.